The maximum Gasteiger partial charge on any atom is 0.418 e. The Morgan fingerprint density at radius 1 is 1.31 bits per heavy atom. The minimum atomic E-state index is -4.81. The third-order valence-corrected chi connectivity index (χ3v) is 6.38. The molecule has 12 nitrogen and oxygen atoms in total. The van der Waals surface area contributed by atoms with Gasteiger partial charge in [-0.15, -0.1) is 4.28 Å². The fourth-order valence-electron chi connectivity index (χ4n) is 4.48. The van der Waals surface area contributed by atoms with Crippen molar-refractivity contribution in [2.24, 2.45) is 5.92 Å². The molecule has 4 saturated heterocycles. The number of hydroxylamine groups is 3. The number of fused-ring (bicyclic) bond motifs is 2. The van der Waals surface area contributed by atoms with Gasteiger partial charge in [0.15, 0.2) is 0 Å². The molecule has 13 heteroatoms. The van der Waals surface area contributed by atoms with E-state index in [1.54, 1.807) is 0 Å². The van der Waals surface area contributed by atoms with E-state index >= 15 is 0 Å². The van der Waals surface area contributed by atoms with Crippen LogP contribution in [-0.2, 0) is 24.3 Å². The molecule has 29 heavy (non-hydrogen) atoms. The van der Waals surface area contributed by atoms with Gasteiger partial charge in [-0.3, -0.25) is 14.2 Å². The summed E-state index contributed by atoms with van der Waals surface area (Å²) in [6, 6.07) is -1.90. The van der Waals surface area contributed by atoms with Gasteiger partial charge in [-0.1, -0.05) is 0 Å². The van der Waals surface area contributed by atoms with Crippen molar-refractivity contribution in [1.29, 1.82) is 0 Å². The van der Waals surface area contributed by atoms with Crippen molar-refractivity contribution < 1.29 is 31.7 Å². The summed E-state index contributed by atoms with van der Waals surface area (Å²) in [6.45, 7) is 4.88. The first-order valence-electron chi connectivity index (χ1n) is 9.94. The maximum atomic E-state index is 12.5. The molecule has 3 amide bonds. The normalized spacial score (nSPS) is 32.5. The van der Waals surface area contributed by atoms with E-state index in [9.17, 15) is 18.0 Å². The number of hydrogen-bond donors (Lipinski definition) is 3. The number of nitrogens with one attached hydrogen (secondary N) is 2. The Kier molecular flexibility index (Phi) is 5.95. The lowest BCUT2D eigenvalue weighted by Gasteiger charge is -2.32. The molecule has 4 fully saturated rings. The second-order valence-electron chi connectivity index (χ2n) is 8.15. The predicted octanol–water partition coefficient (Wildman–Crippen LogP) is -1.28. The minimum Gasteiger partial charge on any atom is -0.311 e. The Morgan fingerprint density at radius 2 is 2.10 bits per heavy atom. The molecule has 0 aliphatic carbocycles. The van der Waals surface area contributed by atoms with Crippen molar-refractivity contribution in [3.63, 3.8) is 0 Å². The molecule has 4 aliphatic rings. The van der Waals surface area contributed by atoms with Gasteiger partial charge in [0.05, 0.1) is 12.6 Å². The molecule has 4 atom stereocenters. The lowest BCUT2D eigenvalue weighted by atomic mass is 10.0. The Morgan fingerprint density at radius 3 is 2.79 bits per heavy atom. The number of hydrogen-bond acceptors (Lipinski definition) is 8. The highest BCUT2D eigenvalue weighted by Gasteiger charge is 2.49. The zero-order valence-electron chi connectivity index (χ0n) is 16.0. The van der Waals surface area contributed by atoms with Gasteiger partial charge in [0, 0.05) is 19.1 Å². The molecule has 3 N–H and O–H groups in total. The standard InChI is InChI=1S/C16H27N5O7S/c22-15(18-27-10-12-6-11(7-17-12)8-19-4-1-5-19)14-3-2-13-9-20(14)16(23)21(13)28-29(24,25)26/h11-14,17H,1-10H2,(H,18,22)(H,24,25,26)/t11-,12+,13-,14+/m1/s1. The average Bonchev–Trinajstić information content (AvgIpc) is 3.16. The Balaban J connectivity index is 1.21. The molecule has 0 saturated carbocycles. The minimum absolute atomic E-state index is 0.148. The highest BCUT2D eigenvalue weighted by atomic mass is 32.3. The molecule has 0 spiro atoms. The summed E-state index contributed by atoms with van der Waals surface area (Å²) in [5, 5.41) is 4.02. The summed E-state index contributed by atoms with van der Waals surface area (Å²) >= 11 is 0. The van der Waals surface area contributed by atoms with E-state index in [1.165, 1.54) is 24.4 Å². The maximum absolute atomic E-state index is 12.5. The molecule has 0 aromatic carbocycles. The van der Waals surface area contributed by atoms with Gasteiger partial charge in [-0.05, 0) is 51.2 Å². The third-order valence-electron chi connectivity index (χ3n) is 6.04. The van der Waals surface area contributed by atoms with E-state index in [0.717, 1.165) is 19.5 Å². The molecule has 2 bridgehead atoms. The molecular weight excluding hydrogens is 406 g/mol. The van der Waals surface area contributed by atoms with Gasteiger partial charge in [-0.25, -0.2) is 10.3 Å². The number of rotatable bonds is 8. The zero-order chi connectivity index (χ0) is 20.6. The zero-order valence-corrected chi connectivity index (χ0v) is 16.8. The monoisotopic (exact) mass is 433 g/mol. The summed E-state index contributed by atoms with van der Waals surface area (Å²) in [7, 11) is -4.81. The van der Waals surface area contributed by atoms with Gasteiger partial charge >= 0.3 is 16.4 Å². The topological polar surface area (TPSA) is 141 Å². The van der Waals surface area contributed by atoms with Crippen molar-refractivity contribution in [1.82, 2.24) is 25.7 Å². The smallest absolute Gasteiger partial charge is 0.311 e. The van der Waals surface area contributed by atoms with E-state index < -0.39 is 34.4 Å². The van der Waals surface area contributed by atoms with Crippen molar-refractivity contribution >= 4 is 22.3 Å². The highest BCUT2D eigenvalue weighted by molar-refractivity contribution is 7.80. The van der Waals surface area contributed by atoms with Gasteiger partial charge < -0.3 is 15.1 Å². The predicted molar refractivity (Wildman–Crippen MR) is 98.4 cm³/mol. The van der Waals surface area contributed by atoms with Crippen LogP contribution < -0.4 is 10.8 Å². The van der Waals surface area contributed by atoms with E-state index in [0.29, 0.717) is 30.4 Å². The number of carbonyl (C=O) groups is 2. The van der Waals surface area contributed by atoms with Crippen LogP contribution in [0.2, 0.25) is 0 Å². The molecule has 164 valence electrons. The molecule has 4 heterocycles. The summed E-state index contributed by atoms with van der Waals surface area (Å²) in [6.07, 6.45) is 2.98. The van der Waals surface area contributed by atoms with Crippen molar-refractivity contribution in [3.05, 3.63) is 0 Å². The molecule has 0 radical (unpaired) electrons. The van der Waals surface area contributed by atoms with E-state index in [1.807, 2.05) is 0 Å². The van der Waals surface area contributed by atoms with Gasteiger partial charge in [0.2, 0.25) is 0 Å². The SMILES string of the molecule is O=C(NOC[C@@H]1C[C@@H](CN2CCC2)CN1)[C@@H]1CC[C@@H]2CN1C(=O)N2OS(=O)(=O)O. The van der Waals surface area contributed by atoms with Crippen LogP contribution in [0.5, 0.6) is 0 Å². The van der Waals surface area contributed by atoms with Crippen LogP contribution in [-0.4, -0.2) is 97.2 Å². The summed E-state index contributed by atoms with van der Waals surface area (Å²) < 4.78 is 35.0. The number of likely N-dealkylation sites (tertiary alicyclic amines) is 1. The first-order valence-corrected chi connectivity index (χ1v) is 11.3. The van der Waals surface area contributed by atoms with Crippen LogP contribution in [0, 0.1) is 5.92 Å². The summed E-state index contributed by atoms with van der Waals surface area (Å²) in [4.78, 5) is 33.9. The van der Waals surface area contributed by atoms with Crippen LogP contribution in [0.3, 0.4) is 0 Å². The molecule has 0 aromatic heterocycles. The summed E-state index contributed by atoms with van der Waals surface area (Å²) in [5.74, 6) is 0.131. The average molecular weight is 433 g/mol. The van der Waals surface area contributed by atoms with Gasteiger partial charge in [-0.2, -0.15) is 13.5 Å². The number of carbonyl (C=O) groups excluding carboxylic acids is 2. The van der Waals surface area contributed by atoms with Crippen molar-refractivity contribution in [2.75, 3.05) is 39.3 Å². The molecule has 4 rings (SSSR count). The Labute approximate surface area is 169 Å². The fourth-order valence-corrected chi connectivity index (χ4v) is 4.87. The third kappa shape index (κ3) is 4.81. The number of nitrogens with zero attached hydrogens (tertiary/aromatic N) is 3. The van der Waals surface area contributed by atoms with Crippen LogP contribution in [0.1, 0.15) is 25.7 Å². The van der Waals surface area contributed by atoms with Gasteiger partial charge in [0.1, 0.15) is 6.04 Å². The number of amides is 3. The van der Waals surface area contributed by atoms with E-state index in [2.05, 4.69) is 20.0 Å². The van der Waals surface area contributed by atoms with E-state index in [4.69, 9.17) is 9.39 Å². The Hall–Kier alpha value is -1.51. The number of urea groups is 1. The quantitative estimate of drug-likeness (QED) is 0.315. The van der Waals surface area contributed by atoms with E-state index in [-0.39, 0.29) is 12.6 Å². The van der Waals surface area contributed by atoms with Gasteiger partial charge in [0.25, 0.3) is 5.91 Å². The highest BCUT2D eigenvalue weighted by Crippen LogP contribution is 2.30. The van der Waals surface area contributed by atoms with Crippen LogP contribution >= 0.6 is 0 Å². The van der Waals surface area contributed by atoms with Crippen LogP contribution in [0.15, 0.2) is 0 Å². The van der Waals surface area contributed by atoms with Crippen molar-refractivity contribution in [2.45, 2.75) is 43.8 Å². The first kappa shape index (κ1) is 20.8. The summed E-state index contributed by atoms with van der Waals surface area (Å²) in [5.41, 5.74) is 2.41. The molecule has 4 aliphatic heterocycles. The fraction of sp³-hybridized carbons (Fsp3) is 0.875. The largest absolute Gasteiger partial charge is 0.418 e. The Bertz CT molecular complexity index is 746. The van der Waals surface area contributed by atoms with Crippen molar-refractivity contribution in [3.8, 4) is 0 Å². The second-order valence-corrected chi connectivity index (χ2v) is 9.15. The molecule has 0 unspecified atom stereocenters. The first-order chi connectivity index (χ1) is 13.8. The van der Waals surface area contributed by atoms with Crippen LogP contribution in [0.4, 0.5) is 4.79 Å². The number of piperidine rings is 1. The molecular formula is C16H27N5O7S. The molecule has 0 aromatic rings. The van der Waals surface area contributed by atoms with Crippen LogP contribution in [0.25, 0.3) is 0 Å². The lowest BCUT2D eigenvalue weighted by molar-refractivity contribution is -0.139. The lowest BCUT2D eigenvalue weighted by Crippen LogP contribution is -2.50. The second kappa shape index (κ2) is 8.32.